The van der Waals surface area contributed by atoms with Crippen LogP contribution in [-0.2, 0) is 9.53 Å². The van der Waals surface area contributed by atoms with E-state index in [1.54, 1.807) is 12.1 Å². The number of nitrogens with zero attached hydrogens (tertiary/aromatic N) is 3. The number of carbonyl (C=O) groups is 1. The van der Waals surface area contributed by atoms with Crippen LogP contribution in [0.15, 0.2) is 57.6 Å². The molecule has 0 unspecified atom stereocenters. The zero-order valence-corrected chi connectivity index (χ0v) is 19.9. The van der Waals surface area contributed by atoms with Gasteiger partial charge in [-0.05, 0) is 31.2 Å². The lowest BCUT2D eigenvalue weighted by Gasteiger charge is -2.12. The van der Waals surface area contributed by atoms with Gasteiger partial charge in [-0.15, -0.1) is 16.9 Å². The van der Waals surface area contributed by atoms with Crippen molar-refractivity contribution < 1.29 is 23.7 Å². The van der Waals surface area contributed by atoms with Gasteiger partial charge in [0.2, 0.25) is 11.6 Å². The molecule has 0 radical (unpaired) electrons. The van der Waals surface area contributed by atoms with Crippen LogP contribution < -0.4 is 14.2 Å². The van der Waals surface area contributed by atoms with Crippen molar-refractivity contribution in [3.05, 3.63) is 53.7 Å². The Hall–Kier alpha value is -3.59. The third-order valence-corrected chi connectivity index (χ3v) is 5.52. The largest absolute Gasteiger partial charge is 0.493 e. The van der Waals surface area contributed by atoms with Crippen molar-refractivity contribution in [2.24, 2.45) is 10.2 Å². The summed E-state index contributed by atoms with van der Waals surface area (Å²) in [6.45, 7) is 3.27. The minimum Gasteiger partial charge on any atom is -0.493 e. The number of pyridine rings is 1. The summed E-state index contributed by atoms with van der Waals surface area (Å²) in [4.78, 5) is 17.2. The first-order valence-electron chi connectivity index (χ1n) is 10.0. The molecule has 0 atom stereocenters. The van der Waals surface area contributed by atoms with Gasteiger partial charge in [0.15, 0.2) is 11.5 Å². The van der Waals surface area contributed by atoms with E-state index in [-0.39, 0.29) is 5.90 Å². The molecular formula is C24H25N3O5S. The van der Waals surface area contributed by atoms with Crippen molar-refractivity contribution >= 4 is 40.7 Å². The van der Waals surface area contributed by atoms with E-state index in [1.807, 2.05) is 37.3 Å². The molecule has 1 heterocycles. The van der Waals surface area contributed by atoms with Crippen LogP contribution in [0, 0.1) is 6.92 Å². The van der Waals surface area contributed by atoms with Gasteiger partial charge in [0.25, 0.3) is 0 Å². The SMILES string of the molecule is COc1cc(/C=N/N=C(/CSc2cc(C)nc3ccccc23)OC(C)=O)cc(OC)c1OC. The molecule has 0 saturated carbocycles. The Kier molecular flexibility index (Phi) is 8.26. The van der Waals surface area contributed by atoms with E-state index in [9.17, 15) is 4.79 Å². The molecule has 0 bridgehead atoms. The molecule has 0 spiro atoms. The Morgan fingerprint density at radius 1 is 1.06 bits per heavy atom. The summed E-state index contributed by atoms with van der Waals surface area (Å²) >= 11 is 1.50. The summed E-state index contributed by atoms with van der Waals surface area (Å²) in [5.74, 6) is 1.52. The van der Waals surface area contributed by atoms with E-state index in [2.05, 4.69) is 15.2 Å². The molecule has 2 aromatic carbocycles. The second-order valence-electron chi connectivity index (χ2n) is 6.86. The first kappa shape index (κ1) is 24.1. The summed E-state index contributed by atoms with van der Waals surface area (Å²) in [6, 6.07) is 13.4. The monoisotopic (exact) mass is 467 g/mol. The Balaban J connectivity index is 1.83. The first-order chi connectivity index (χ1) is 15.9. The number of methoxy groups -OCH3 is 3. The first-order valence-corrected chi connectivity index (χ1v) is 11.0. The van der Waals surface area contributed by atoms with Crippen LogP contribution in [0.5, 0.6) is 17.2 Å². The van der Waals surface area contributed by atoms with Crippen molar-refractivity contribution in [3.8, 4) is 17.2 Å². The lowest BCUT2D eigenvalue weighted by atomic mass is 10.2. The molecule has 0 aliphatic rings. The second kappa shape index (κ2) is 11.3. The number of thioether (sulfide) groups is 1. The summed E-state index contributed by atoms with van der Waals surface area (Å²) in [5, 5.41) is 9.25. The molecule has 0 N–H and O–H groups in total. The summed E-state index contributed by atoms with van der Waals surface area (Å²) in [6.07, 6.45) is 1.52. The highest BCUT2D eigenvalue weighted by Crippen LogP contribution is 2.37. The molecule has 0 fully saturated rings. The average Bonchev–Trinajstić information content (AvgIpc) is 2.80. The van der Waals surface area contributed by atoms with Gasteiger partial charge in [-0.1, -0.05) is 18.2 Å². The van der Waals surface area contributed by atoms with E-state index in [1.165, 1.54) is 46.2 Å². The smallest absolute Gasteiger partial charge is 0.309 e. The predicted octanol–water partition coefficient (Wildman–Crippen LogP) is 4.66. The summed E-state index contributed by atoms with van der Waals surface area (Å²) in [5.41, 5.74) is 2.49. The quantitative estimate of drug-likeness (QED) is 0.156. The van der Waals surface area contributed by atoms with Gasteiger partial charge in [0.1, 0.15) is 0 Å². The maximum atomic E-state index is 11.6. The maximum absolute atomic E-state index is 11.6. The van der Waals surface area contributed by atoms with Crippen molar-refractivity contribution in [3.63, 3.8) is 0 Å². The highest BCUT2D eigenvalue weighted by atomic mass is 32.2. The summed E-state index contributed by atoms with van der Waals surface area (Å²) < 4.78 is 21.3. The van der Waals surface area contributed by atoms with Gasteiger partial charge in [-0.2, -0.15) is 5.10 Å². The van der Waals surface area contributed by atoms with Gasteiger partial charge in [0.05, 0.1) is 38.8 Å². The minimum atomic E-state index is -0.465. The summed E-state index contributed by atoms with van der Waals surface area (Å²) in [7, 11) is 4.61. The van der Waals surface area contributed by atoms with Crippen LogP contribution in [-0.4, -0.2) is 50.1 Å². The van der Waals surface area contributed by atoms with E-state index in [0.717, 1.165) is 21.5 Å². The van der Waals surface area contributed by atoms with Crippen molar-refractivity contribution in [1.82, 2.24) is 4.98 Å². The third-order valence-electron chi connectivity index (χ3n) is 4.48. The molecule has 33 heavy (non-hydrogen) atoms. The fourth-order valence-corrected chi connectivity index (χ4v) is 4.09. The minimum absolute atomic E-state index is 0.190. The van der Waals surface area contributed by atoms with Crippen LogP contribution in [0.2, 0.25) is 0 Å². The van der Waals surface area contributed by atoms with Crippen LogP contribution in [0.1, 0.15) is 18.2 Å². The number of aryl methyl sites for hydroxylation is 1. The zero-order chi connectivity index (χ0) is 23.8. The molecule has 3 rings (SSSR count). The van der Waals surface area contributed by atoms with Crippen molar-refractivity contribution in [2.45, 2.75) is 18.7 Å². The lowest BCUT2D eigenvalue weighted by Crippen LogP contribution is -2.11. The highest BCUT2D eigenvalue weighted by molar-refractivity contribution is 8.00. The molecule has 3 aromatic rings. The number of carbonyl (C=O) groups excluding carboxylic acids is 1. The number of aromatic nitrogens is 1. The number of rotatable bonds is 8. The molecule has 0 aliphatic heterocycles. The number of esters is 1. The third kappa shape index (κ3) is 6.23. The molecular weight excluding hydrogens is 442 g/mol. The Bertz CT molecular complexity index is 1180. The number of benzene rings is 2. The number of para-hydroxylation sites is 1. The second-order valence-corrected chi connectivity index (χ2v) is 7.88. The topological polar surface area (TPSA) is 91.6 Å². The Morgan fingerprint density at radius 3 is 2.39 bits per heavy atom. The van der Waals surface area contributed by atoms with Gasteiger partial charge in [0, 0.05) is 28.5 Å². The predicted molar refractivity (Wildman–Crippen MR) is 130 cm³/mol. The van der Waals surface area contributed by atoms with Gasteiger partial charge in [-0.25, -0.2) is 0 Å². The van der Waals surface area contributed by atoms with E-state index >= 15 is 0 Å². The normalized spacial score (nSPS) is 11.6. The van der Waals surface area contributed by atoms with Gasteiger partial charge >= 0.3 is 5.97 Å². The fraction of sp³-hybridized carbons (Fsp3) is 0.250. The lowest BCUT2D eigenvalue weighted by molar-refractivity contribution is -0.133. The van der Waals surface area contributed by atoms with Crippen LogP contribution in [0.4, 0.5) is 0 Å². The van der Waals surface area contributed by atoms with Crippen LogP contribution in [0.25, 0.3) is 10.9 Å². The fourth-order valence-electron chi connectivity index (χ4n) is 3.11. The Morgan fingerprint density at radius 2 is 1.76 bits per heavy atom. The molecule has 0 aliphatic carbocycles. The van der Waals surface area contributed by atoms with Crippen LogP contribution >= 0.6 is 11.8 Å². The average molecular weight is 468 g/mol. The maximum Gasteiger partial charge on any atom is 0.309 e. The zero-order valence-electron chi connectivity index (χ0n) is 19.1. The Labute approximate surface area is 196 Å². The molecule has 9 heteroatoms. The van der Waals surface area contributed by atoms with E-state index in [0.29, 0.717) is 28.6 Å². The number of hydrogen-bond donors (Lipinski definition) is 0. The molecule has 0 saturated heterocycles. The molecule has 1 aromatic heterocycles. The molecule has 172 valence electrons. The van der Waals surface area contributed by atoms with E-state index < -0.39 is 5.97 Å². The molecule has 0 amide bonds. The molecule has 8 nitrogen and oxygen atoms in total. The standard InChI is InChI=1S/C24H25N3O5S/c1-15-10-22(18-8-6-7-9-19(18)26-15)33-14-23(32-16(2)28)27-25-13-17-11-20(29-3)24(31-5)21(12-17)30-4/h6-13H,14H2,1-5H3/b25-13+,27-23-. The highest BCUT2D eigenvalue weighted by Gasteiger charge is 2.13. The number of hydrogen-bond acceptors (Lipinski definition) is 9. The van der Waals surface area contributed by atoms with E-state index in [4.69, 9.17) is 18.9 Å². The number of fused-ring (bicyclic) bond motifs is 1. The van der Waals surface area contributed by atoms with Gasteiger partial charge < -0.3 is 18.9 Å². The number of ether oxygens (including phenoxy) is 4. The van der Waals surface area contributed by atoms with Gasteiger partial charge in [-0.3, -0.25) is 9.78 Å². The van der Waals surface area contributed by atoms with Crippen LogP contribution in [0.3, 0.4) is 0 Å². The van der Waals surface area contributed by atoms with Crippen molar-refractivity contribution in [2.75, 3.05) is 27.1 Å². The van der Waals surface area contributed by atoms with Crippen molar-refractivity contribution in [1.29, 1.82) is 0 Å².